The number of ether oxygens (including phenoxy) is 1. The van der Waals surface area contributed by atoms with Crippen molar-refractivity contribution in [1.82, 2.24) is 4.98 Å². The summed E-state index contributed by atoms with van der Waals surface area (Å²) in [7, 11) is 3.83. The molecule has 1 aliphatic heterocycles. The monoisotopic (exact) mass is 551 g/mol. The van der Waals surface area contributed by atoms with Gasteiger partial charge in [0.25, 0.3) is 11.8 Å². The lowest BCUT2D eigenvalue weighted by Crippen LogP contribution is -2.36. The van der Waals surface area contributed by atoms with E-state index < -0.39 is 17.6 Å². The first-order chi connectivity index (χ1) is 19.8. The van der Waals surface area contributed by atoms with Crippen molar-refractivity contribution in [3.63, 3.8) is 0 Å². The van der Waals surface area contributed by atoms with Gasteiger partial charge >= 0.3 is 0 Å². The summed E-state index contributed by atoms with van der Waals surface area (Å²) >= 11 is 0. The molecule has 9 heteroatoms. The molecule has 0 saturated carbocycles. The molecule has 3 N–H and O–H groups in total. The van der Waals surface area contributed by atoms with Crippen LogP contribution < -0.4 is 20.9 Å². The normalized spacial score (nSPS) is 13.9. The second-order valence-corrected chi connectivity index (χ2v) is 10.4. The maximum Gasteiger partial charge on any atom is 0.267 e. The van der Waals surface area contributed by atoms with Gasteiger partial charge in [-0.15, -0.1) is 0 Å². The zero-order chi connectivity index (χ0) is 28.7. The van der Waals surface area contributed by atoms with E-state index in [0.29, 0.717) is 36.3 Å². The van der Waals surface area contributed by atoms with Crippen LogP contribution in [0.15, 0.2) is 66.9 Å². The Morgan fingerprint density at radius 1 is 1.00 bits per heavy atom. The molecule has 0 unspecified atom stereocenters. The zero-order valence-corrected chi connectivity index (χ0v) is 22.9. The van der Waals surface area contributed by atoms with Crippen LogP contribution in [0.25, 0.3) is 22.3 Å². The van der Waals surface area contributed by atoms with E-state index in [0.717, 1.165) is 41.2 Å². The standard InChI is InChI=1S/C32H30FN5O3/c1-37(2)21-8-6-19(7-9-21)32(40)36-27-5-3-4-24(29(27)33)26-18-35-30(31(34)39)25-17-20-16-22(10-11-23(20)28(25)26)38-12-14-41-15-13-38/h3-11,16,18H,12-15,17H2,1-2H3,(H2,34,39)(H,36,40). The highest BCUT2D eigenvalue weighted by Crippen LogP contribution is 2.46. The highest BCUT2D eigenvalue weighted by Gasteiger charge is 2.29. The summed E-state index contributed by atoms with van der Waals surface area (Å²) in [4.78, 5) is 33.8. The Morgan fingerprint density at radius 2 is 1.76 bits per heavy atom. The lowest BCUT2D eigenvalue weighted by Gasteiger charge is -2.29. The molecule has 3 aromatic carbocycles. The van der Waals surface area contributed by atoms with Crippen LogP contribution in [0.5, 0.6) is 0 Å². The van der Waals surface area contributed by atoms with E-state index in [-0.39, 0.29) is 16.9 Å². The third kappa shape index (κ3) is 4.89. The van der Waals surface area contributed by atoms with Gasteiger partial charge < -0.3 is 25.6 Å². The molecule has 1 aliphatic carbocycles. The highest BCUT2D eigenvalue weighted by atomic mass is 19.1. The number of hydrogen-bond acceptors (Lipinski definition) is 6. The molecule has 0 spiro atoms. The average molecular weight is 552 g/mol. The van der Waals surface area contributed by atoms with E-state index in [1.807, 2.05) is 43.3 Å². The minimum absolute atomic E-state index is 0.0535. The number of aromatic nitrogens is 1. The molecule has 1 aromatic heterocycles. The van der Waals surface area contributed by atoms with Gasteiger partial charge in [0.2, 0.25) is 0 Å². The van der Waals surface area contributed by atoms with Gasteiger partial charge in [0.05, 0.1) is 18.9 Å². The van der Waals surface area contributed by atoms with Gasteiger partial charge in [0.1, 0.15) is 5.69 Å². The molecule has 2 amide bonds. The molecule has 8 nitrogen and oxygen atoms in total. The number of carbonyl (C=O) groups excluding carboxylic acids is 2. The van der Waals surface area contributed by atoms with Gasteiger partial charge in [-0.3, -0.25) is 14.6 Å². The number of hydrogen-bond donors (Lipinski definition) is 2. The predicted octanol–water partition coefficient (Wildman–Crippen LogP) is 4.71. The lowest BCUT2D eigenvalue weighted by molar-refractivity contribution is 0.0992. The van der Waals surface area contributed by atoms with E-state index in [1.54, 1.807) is 24.3 Å². The van der Waals surface area contributed by atoms with Crippen LogP contribution in [0, 0.1) is 5.82 Å². The summed E-state index contributed by atoms with van der Waals surface area (Å²) in [5.74, 6) is -1.63. The Balaban J connectivity index is 1.38. The SMILES string of the molecule is CN(C)c1ccc(C(=O)Nc2cccc(-c3cnc(C(N)=O)c4c3-c3ccc(N5CCOCC5)cc3C4)c2F)cc1. The van der Waals surface area contributed by atoms with Gasteiger partial charge in [-0.25, -0.2) is 4.39 Å². The number of anilines is 3. The summed E-state index contributed by atoms with van der Waals surface area (Å²) < 4.78 is 21.5. The number of pyridine rings is 1. The van der Waals surface area contributed by atoms with E-state index in [2.05, 4.69) is 21.3 Å². The topological polar surface area (TPSA) is 101 Å². The summed E-state index contributed by atoms with van der Waals surface area (Å²) in [5.41, 5.74) is 12.5. The Kier molecular flexibility index (Phi) is 6.88. The molecule has 0 atom stereocenters. The minimum atomic E-state index is -0.629. The quantitative estimate of drug-likeness (QED) is 0.317. The van der Waals surface area contributed by atoms with Crippen molar-refractivity contribution in [2.45, 2.75) is 6.42 Å². The summed E-state index contributed by atoms with van der Waals surface area (Å²) in [6.07, 6.45) is 1.96. The van der Waals surface area contributed by atoms with Crippen molar-refractivity contribution in [3.05, 3.63) is 95.1 Å². The van der Waals surface area contributed by atoms with Gasteiger partial charge in [-0.05, 0) is 64.7 Å². The number of primary amides is 1. The maximum absolute atomic E-state index is 16.1. The van der Waals surface area contributed by atoms with Crippen molar-refractivity contribution in [2.24, 2.45) is 5.73 Å². The molecular formula is C32H30FN5O3. The smallest absolute Gasteiger partial charge is 0.267 e. The largest absolute Gasteiger partial charge is 0.378 e. The summed E-state index contributed by atoms with van der Waals surface area (Å²) in [6, 6.07) is 18.1. The number of fused-ring (bicyclic) bond motifs is 3. The van der Waals surface area contributed by atoms with Crippen molar-refractivity contribution in [3.8, 4) is 22.3 Å². The molecule has 2 aliphatic rings. The fraction of sp³-hybridized carbons (Fsp3) is 0.219. The third-order valence-corrected chi connectivity index (χ3v) is 7.70. The minimum Gasteiger partial charge on any atom is -0.378 e. The molecule has 0 radical (unpaired) electrons. The van der Waals surface area contributed by atoms with E-state index in [9.17, 15) is 9.59 Å². The molecule has 2 heterocycles. The molecule has 1 fully saturated rings. The Labute approximate surface area is 237 Å². The van der Waals surface area contributed by atoms with E-state index >= 15 is 4.39 Å². The Morgan fingerprint density at radius 3 is 2.46 bits per heavy atom. The lowest BCUT2D eigenvalue weighted by atomic mass is 9.94. The first-order valence-corrected chi connectivity index (χ1v) is 13.5. The van der Waals surface area contributed by atoms with Gasteiger partial charge in [-0.1, -0.05) is 18.2 Å². The van der Waals surface area contributed by atoms with Gasteiger partial charge in [0.15, 0.2) is 5.82 Å². The van der Waals surface area contributed by atoms with Crippen LogP contribution in [0.4, 0.5) is 21.5 Å². The molecule has 208 valence electrons. The second kappa shape index (κ2) is 10.7. The average Bonchev–Trinajstić information content (AvgIpc) is 3.37. The van der Waals surface area contributed by atoms with Crippen molar-refractivity contribution in [2.75, 3.05) is 55.5 Å². The molecule has 6 rings (SSSR count). The molecule has 0 bridgehead atoms. The number of nitrogens with zero attached hydrogens (tertiary/aromatic N) is 3. The van der Waals surface area contributed by atoms with Crippen molar-refractivity contribution in [1.29, 1.82) is 0 Å². The van der Waals surface area contributed by atoms with E-state index in [4.69, 9.17) is 10.5 Å². The summed E-state index contributed by atoms with van der Waals surface area (Å²) in [6.45, 7) is 2.94. The zero-order valence-electron chi connectivity index (χ0n) is 22.9. The number of amides is 2. The predicted molar refractivity (Wildman–Crippen MR) is 158 cm³/mol. The van der Waals surface area contributed by atoms with Crippen LogP contribution >= 0.6 is 0 Å². The van der Waals surface area contributed by atoms with Crippen LogP contribution in [-0.2, 0) is 11.2 Å². The van der Waals surface area contributed by atoms with Crippen LogP contribution in [0.1, 0.15) is 32.0 Å². The third-order valence-electron chi connectivity index (χ3n) is 7.70. The second-order valence-electron chi connectivity index (χ2n) is 10.4. The fourth-order valence-corrected chi connectivity index (χ4v) is 5.57. The number of carbonyl (C=O) groups is 2. The number of benzene rings is 3. The number of morpholine rings is 1. The van der Waals surface area contributed by atoms with Crippen molar-refractivity contribution >= 4 is 28.9 Å². The number of rotatable bonds is 6. The maximum atomic E-state index is 16.1. The number of nitrogens with one attached hydrogen (secondary N) is 1. The van der Waals surface area contributed by atoms with E-state index in [1.165, 1.54) is 12.3 Å². The fourth-order valence-electron chi connectivity index (χ4n) is 5.57. The highest BCUT2D eigenvalue weighted by molar-refractivity contribution is 6.05. The van der Waals surface area contributed by atoms with Gasteiger partial charge in [-0.2, -0.15) is 0 Å². The summed E-state index contributed by atoms with van der Waals surface area (Å²) in [5, 5.41) is 2.71. The first kappa shape index (κ1) is 26.5. The Bertz CT molecular complexity index is 1660. The molecule has 41 heavy (non-hydrogen) atoms. The van der Waals surface area contributed by atoms with Crippen LogP contribution in [0.2, 0.25) is 0 Å². The first-order valence-electron chi connectivity index (χ1n) is 13.5. The van der Waals surface area contributed by atoms with Gasteiger partial charge in [0, 0.05) is 67.9 Å². The number of halogens is 1. The molecule has 4 aromatic rings. The van der Waals surface area contributed by atoms with Crippen LogP contribution in [-0.4, -0.2) is 57.2 Å². The number of nitrogens with two attached hydrogens (primary N) is 1. The Hall–Kier alpha value is -4.76. The van der Waals surface area contributed by atoms with Crippen LogP contribution in [0.3, 0.4) is 0 Å². The molecule has 1 saturated heterocycles. The molecular weight excluding hydrogens is 521 g/mol. The van der Waals surface area contributed by atoms with Crippen molar-refractivity contribution < 1.29 is 18.7 Å².